The largest absolute Gasteiger partial charge is 0.309 e. The number of benzene rings is 7. The normalized spacial score (nSPS) is 11.6. The van der Waals surface area contributed by atoms with Gasteiger partial charge in [0.2, 0.25) is 0 Å². The first-order valence-corrected chi connectivity index (χ1v) is 15.1. The van der Waals surface area contributed by atoms with Crippen LogP contribution in [0.25, 0.3) is 77.2 Å². The summed E-state index contributed by atoms with van der Waals surface area (Å²) in [5.74, 6) is 0. The Balaban J connectivity index is 1.32. The molecule has 44 heavy (non-hydrogen) atoms. The van der Waals surface area contributed by atoms with Gasteiger partial charge in [0, 0.05) is 32.7 Å². The van der Waals surface area contributed by atoms with Gasteiger partial charge in [0.1, 0.15) is 0 Å². The number of rotatable bonds is 4. The highest BCUT2D eigenvalue weighted by atomic mass is 15.0. The third-order valence-electron chi connectivity index (χ3n) is 8.96. The first-order valence-electron chi connectivity index (χ1n) is 15.1. The molecule has 0 spiro atoms. The van der Waals surface area contributed by atoms with Crippen molar-refractivity contribution in [3.63, 3.8) is 0 Å². The maximum absolute atomic E-state index is 2.43. The molecule has 0 unspecified atom stereocenters. The van der Waals surface area contributed by atoms with Gasteiger partial charge in [-0.2, -0.15) is 0 Å². The quantitative estimate of drug-likeness (QED) is 0.203. The van der Waals surface area contributed by atoms with E-state index in [1.165, 1.54) is 77.2 Å². The van der Waals surface area contributed by atoms with Crippen LogP contribution in [0.5, 0.6) is 0 Å². The molecule has 2 heterocycles. The summed E-state index contributed by atoms with van der Waals surface area (Å²) >= 11 is 0. The van der Waals surface area contributed by atoms with Crippen LogP contribution in [-0.4, -0.2) is 9.13 Å². The van der Waals surface area contributed by atoms with Gasteiger partial charge >= 0.3 is 0 Å². The van der Waals surface area contributed by atoms with Crippen molar-refractivity contribution in [1.29, 1.82) is 0 Å². The molecule has 2 aromatic heterocycles. The van der Waals surface area contributed by atoms with E-state index in [0.717, 1.165) is 0 Å². The summed E-state index contributed by atoms with van der Waals surface area (Å²) in [6.45, 7) is 0. The van der Waals surface area contributed by atoms with Gasteiger partial charge in [0.25, 0.3) is 0 Å². The van der Waals surface area contributed by atoms with Crippen molar-refractivity contribution in [2.75, 3.05) is 0 Å². The van der Waals surface area contributed by atoms with E-state index < -0.39 is 0 Å². The van der Waals surface area contributed by atoms with E-state index in [9.17, 15) is 0 Å². The molecule has 7 aromatic carbocycles. The van der Waals surface area contributed by atoms with E-state index in [-0.39, 0.29) is 0 Å². The Morgan fingerprint density at radius 1 is 0.227 bits per heavy atom. The van der Waals surface area contributed by atoms with Gasteiger partial charge in [-0.3, -0.25) is 0 Å². The fourth-order valence-electron chi connectivity index (χ4n) is 7.11. The second-order valence-corrected chi connectivity index (χ2v) is 11.3. The molecular formula is C42H28N2. The monoisotopic (exact) mass is 560 g/mol. The van der Waals surface area contributed by atoms with Gasteiger partial charge in [-0.05, 0) is 47.5 Å². The number of nitrogens with zero attached hydrogens (tertiary/aromatic N) is 2. The Labute approximate surface area is 255 Å². The first kappa shape index (κ1) is 24.7. The van der Waals surface area contributed by atoms with Crippen molar-refractivity contribution in [3.05, 3.63) is 170 Å². The molecule has 0 N–H and O–H groups in total. The van der Waals surface area contributed by atoms with Crippen LogP contribution >= 0.6 is 0 Å². The minimum absolute atomic E-state index is 1.17. The first-order chi connectivity index (χ1) is 21.9. The zero-order chi connectivity index (χ0) is 29.0. The Morgan fingerprint density at radius 2 is 0.477 bits per heavy atom. The molecule has 0 radical (unpaired) electrons. The summed E-state index contributed by atoms with van der Waals surface area (Å²) in [6.07, 6.45) is 0. The number of para-hydroxylation sites is 6. The predicted molar refractivity (Wildman–Crippen MR) is 186 cm³/mol. The third kappa shape index (κ3) is 3.61. The third-order valence-corrected chi connectivity index (χ3v) is 8.96. The van der Waals surface area contributed by atoms with Crippen molar-refractivity contribution in [2.24, 2.45) is 0 Å². The molecule has 0 saturated heterocycles. The summed E-state index contributed by atoms with van der Waals surface area (Å²) in [6, 6.07) is 61.4. The highest BCUT2D eigenvalue weighted by Crippen LogP contribution is 2.42. The molecular weight excluding hydrogens is 532 g/mol. The number of hydrogen-bond donors (Lipinski definition) is 0. The van der Waals surface area contributed by atoms with Crippen LogP contribution < -0.4 is 0 Å². The van der Waals surface area contributed by atoms with Crippen LogP contribution in [0.1, 0.15) is 0 Å². The Morgan fingerprint density at radius 3 is 0.818 bits per heavy atom. The SMILES string of the molecule is c1ccc(-c2ccccc2-n2c3ccccc3c3ccccc32)c(-c2ccccc2-n2c3ccccc3c3ccccc32)c1. The second kappa shape index (κ2) is 9.86. The molecule has 9 rings (SSSR count). The molecule has 0 amide bonds. The average Bonchev–Trinajstić information content (AvgIpc) is 3.61. The standard InChI is InChI=1S/C42H28N2/c1-2-16-30(32-18-4-10-24-38(32)44-41-27-13-7-21-35(41)36-22-8-14-28-42(36)44)29(15-1)31-17-3-9-23-37(31)43-39-25-11-5-19-33(39)34-20-6-12-26-40(34)43/h1-28H. The molecule has 0 aliphatic rings. The lowest BCUT2D eigenvalue weighted by Crippen LogP contribution is -2.00. The minimum atomic E-state index is 1.17. The molecule has 9 aromatic rings. The van der Waals surface area contributed by atoms with Gasteiger partial charge in [0.15, 0.2) is 0 Å². The van der Waals surface area contributed by atoms with Gasteiger partial charge in [0.05, 0.1) is 33.4 Å². The zero-order valence-electron chi connectivity index (χ0n) is 24.1. The summed E-state index contributed by atoms with van der Waals surface area (Å²) in [5, 5.41) is 5.07. The lowest BCUT2D eigenvalue weighted by molar-refractivity contribution is 1.18. The maximum Gasteiger partial charge on any atom is 0.0541 e. The summed E-state index contributed by atoms with van der Waals surface area (Å²) < 4.78 is 4.85. The molecule has 2 nitrogen and oxygen atoms in total. The molecule has 0 bridgehead atoms. The smallest absolute Gasteiger partial charge is 0.0541 e. The van der Waals surface area contributed by atoms with Gasteiger partial charge in [-0.25, -0.2) is 0 Å². The lowest BCUT2D eigenvalue weighted by Gasteiger charge is -2.19. The minimum Gasteiger partial charge on any atom is -0.309 e. The van der Waals surface area contributed by atoms with Crippen LogP contribution in [0.15, 0.2) is 170 Å². The van der Waals surface area contributed by atoms with Gasteiger partial charge < -0.3 is 9.13 Å². The summed E-state index contributed by atoms with van der Waals surface area (Å²) in [4.78, 5) is 0. The maximum atomic E-state index is 2.43. The van der Waals surface area contributed by atoms with Crippen molar-refractivity contribution in [3.8, 4) is 33.6 Å². The average molecular weight is 561 g/mol. The van der Waals surface area contributed by atoms with Gasteiger partial charge in [-0.15, -0.1) is 0 Å². The van der Waals surface area contributed by atoms with E-state index in [1.807, 2.05) is 0 Å². The summed E-state index contributed by atoms with van der Waals surface area (Å²) in [5.41, 5.74) is 12.0. The Kier molecular flexibility index (Phi) is 5.54. The molecule has 206 valence electrons. The van der Waals surface area contributed by atoms with E-state index in [2.05, 4.69) is 179 Å². The van der Waals surface area contributed by atoms with Crippen molar-refractivity contribution in [1.82, 2.24) is 9.13 Å². The number of fused-ring (bicyclic) bond motifs is 6. The van der Waals surface area contributed by atoms with Crippen molar-refractivity contribution >= 4 is 43.6 Å². The Bertz CT molecular complexity index is 2230. The highest BCUT2D eigenvalue weighted by Gasteiger charge is 2.20. The fourth-order valence-corrected chi connectivity index (χ4v) is 7.11. The van der Waals surface area contributed by atoms with Gasteiger partial charge in [-0.1, -0.05) is 133 Å². The summed E-state index contributed by atoms with van der Waals surface area (Å²) in [7, 11) is 0. The second-order valence-electron chi connectivity index (χ2n) is 11.3. The molecule has 0 saturated carbocycles. The van der Waals surface area contributed by atoms with E-state index in [4.69, 9.17) is 0 Å². The van der Waals surface area contributed by atoms with Crippen LogP contribution in [0.3, 0.4) is 0 Å². The topological polar surface area (TPSA) is 9.86 Å². The molecule has 2 heteroatoms. The number of hydrogen-bond acceptors (Lipinski definition) is 0. The zero-order valence-corrected chi connectivity index (χ0v) is 24.1. The van der Waals surface area contributed by atoms with Crippen LogP contribution in [0, 0.1) is 0 Å². The molecule has 0 aliphatic heterocycles. The predicted octanol–water partition coefficient (Wildman–Crippen LogP) is 11.2. The van der Waals surface area contributed by atoms with Crippen molar-refractivity contribution in [2.45, 2.75) is 0 Å². The Hall–Kier alpha value is -5.86. The van der Waals surface area contributed by atoms with Crippen LogP contribution in [0.4, 0.5) is 0 Å². The van der Waals surface area contributed by atoms with Crippen molar-refractivity contribution < 1.29 is 0 Å². The van der Waals surface area contributed by atoms with E-state index >= 15 is 0 Å². The molecule has 0 fully saturated rings. The van der Waals surface area contributed by atoms with Crippen LogP contribution in [-0.2, 0) is 0 Å². The fraction of sp³-hybridized carbons (Fsp3) is 0. The highest BCUT2D eigenvalue weighted by molar-refractivity contribution is 6.11. The molecule has 0 aliphatic carbocycles. The molecule has 0 atom stereocenters. The lowest BCUT2D eigenvalue weighted by atomic mass is 9.92. The number of aromatic nitrogens is 2. The van der Waals surface area contributed by atoms with E-state index in [1.54, 1.807) is 0 Å². The van der Waals surface area contributed by atoms with Crippen LogP contribution in [0.2, 0.25) is 0 Å². The van der Waals surface area contributed by atoms with E-state index in [0.29, 0.717) is 0 Å².